The molecule has 1 aliphatic rings. The molecule has 7 heteroatoms. The molecule has 2 heterocycles. The largest absolute Gasteiger partial charge is 0.325 e. The first-order valence-electron chi connectivity index (χ1n) is 9.00. The first kappa shape index (κ1) is 18.6. The summed E-state index contributed by atoms with van der Waals surface area (Å²) in [4.78, 5) is 36.0. The molecule has 0 aliphatic carbocycles. The number of anilines is 1. The molecule has 0 saturated carbocycles. The van der Waals surface area contributed by atoms with E-state index >= 15 is 0 Å². The normalized spacial score (nSPS) is 13.4. The highest BCUT2D eigenvalue weighted by molar-refractivity contribution is 6.02. The van der Waals surface area contributed by atoms with Gasteiger partial charge < -0.3 is 9.88 Å². The Balaban J connectivity index is 1.53. The lowest BCUT2D eigenvalue weighted by Gasteiger charge is -2.11. The highest BCUT2D eigenvalue weighted by atomic mass is 16.2. The van der Waals surface area contributed by atoms with Crippen molar-refractivity contribution in [3.8, 4) is 0 Å². The number of hydrogen-bond acceptors (Lipinski definition) is 4. The number of benzene rings is 1. The molecule has 0 fully saturated rings. The third kappa shape index (κ3) is 4.69. The highest BCUT2D eigenvalue weighted by Gasteiger charge is 2.21. The lowest BCUT2D eigenvalue weighted by Crippen LogP contribution is -2.25. The van der Waals surface area contributed by atoms with Gasteiger partial charge in [-0.25, -0.2) is 5.01 Å². The zero-order valence-corrected chi connectivity index (χ0v) is 15.2. The van der Waals surface area contributed by atoms with Crippen LogP contribution in [-0.4, -0.2) is 33.6 Å². The molecule has 1 aliphatic heterocycles. The van der Waals surface area contributed by atoms with Crippen molar-refractivity contribution in [2.24, 2.45) is 5.10 Å². The van der Waals surface area contributed by atoms with Gasteiger partial charge in [-0.1, -0.05) is 30.3 Å². The van der Waals surface area contributed by atoms with E-state index in [-0.39, 0.29) is 30.2 Å². The average molecular weight is 366 g/mol. The maximum absolute atomic E-state index is 12.3. The lowest BCUT2D eigenvalue weighted by atomic mass is 10.1. The van der Waals surface area contributed by atoms with Crippen molar-refractivity contribution < 1.29 is 9.59 Å². The van der Waals surface area contributed by atoms with Crippen LogP contribution in [0.1, 0.15) is 31.7 Å². The van der Waals surface area contributed by atoms with Crippen LogP contribution < -0.4 is 10.9 Å². The summed E-state index contributed by atoms with van der Waals surface area (Å²) < 4.78 is 1.50. The first-order chi connectivity index (χ1) is 13.1. The fraction of sp³-hybridized carbons (Fsp3) is 0.300. The minimum atomic E-state index is -0.267. The predicted octanol–water partition coefficient (Wildman–Crippen LogP) is 2.22. The van der Waals surface area contributed by atoms with Gasteiger partial charge in [0.25, 0.3) is 5.56 Å². The Morgan fingerprint density at radius 2 is 1.89 bits per heavy atom. The molecular weight excluding hydrogens is 344 g/mol. The van der Waals surface area contributed by atoms with E-state index in [9.17, 15) is 14.4 Å². The Morgan fingerprint density at radius 3 is 2.63 bits per heavy atom. The van der Waals surface area contributed by atoms with Gasteiger partial charge in [-0.05, 0) is 18.6 Å². The number of nitrogens with one attached hydrogen (secondary N) is 1. The van der Waals surface area contributed by atoms with E-state index in [4.69, 9.17) is 0 Å². The quantitative estimate of drug-likeness (QED) is 0.851. The Morgan fingerprint density at radius 1 is 1.11 bits per heavy atom. The van der Waals surface area contributed by atoms with E-state index in [1.807, 2.05) is 37.3 Å². The molecule has 2 aromatic rings. The van der Waals surface area contributed by atoms with Gasteiger partial charge in [-0.15, -0.1) is 0 Å². The predicted molar refractivity (Wildman–Crippen MR) is 104 cm³/mol. The van der Waals surface area contributed by atoms with Crippen LogP contribution in [0, 0.1) is 0 Å². The number of aryl methyl sites for hydroxylation is 1. The number of hydrazone groups is 1. The second-order valence-corrected chi connectivity index (χ2v) is 6.27. The molecule has 27 heavy (non-hydrogen) atoms. The summed E-state index contributed by atoms with van der Waals surface area (Å²) in [7, 11) is 0. The Bertz CT molecular complexity index is 918. The van der Waals surface area contributed by atoms with Gasteiger partial charge in [0.05, 0.1) is 17.9 Å². The molecule has 1 aromatic heterocycles. The van der Waals surface area contributed by atoms with Crippen molar-refractivity contribution in [1.29, 1.82) is 0 Å². The van der Waals surface area contributed by atoms with Crippen LogP contribution >= 0.6 is 0 Å². The number of aromatic nitrogens is 1. The summed E-state index contributed by atoms with van der Waals surface area (Å²) in [5.74, 6) is -0.439. The average Bonchev–Trinajstić information content (AvgIpc) is 3.18. The molecule has 2 amide bonds. The molecule has 140 valence electrons. The van der Waals surface area contributed by atoms with E-state index in [1.54, 1.807) is 12.3 Å². The third-order valence-electron chi connectivity index (χ3n) is 4.37. The molecule has 0 unspecified atom stereocenters. The van der Waals surface area contributed by atoms with E-state index < -0.39 is 0 Å². The molecule has 0 atom stereocenters. The molecule has 1 N–H and O–H groups in total. The summed E-state index contributed by atoms with van der Waals surface area (Å²) in [6.07, 6.45) is 2.46. The SMILES string of the molecule is CCn1cc(NC(=O)CCC(=O)N2CCC(c3ccccc3)=N2)ccc1=O. The molecule has 0 saturated heterocycles. The van der Waals surface area contributed by atoms with Crippen molar-refractivity contribution >= 4 is 23.2 Å². The van der Waals surface area contributed by atoms with Crippen molar-refractivity contribution in [3.63, 3.8) is 0 Å². The van der Waals surface area contributed by atoms with Crippen LogP contribution in [0.3, 0.4) is 0 Å². The molecule has 0 spiro atoms. The zero-order chi connectivity index (χ0) is 19.2. The summed E-state index contributed by atoms with van der Waals surface area (Å²) in [6.45, 7) is 2.91. The number of pyridine rings is 1. The maximum Gasteiger partial charge on any atom is 0.250 e. The monoisotopic (exact) mass is 366 g/mol. The summed E-state index contributed by atoms with van der Waals surface area (Å²) in [5.41, 5.74) is 2.32. The van der Waals surface area contributed by atoms with E-state index in [0.717, 1.165) is 11.3 Å². The highest BCUT2D eigenvalue weighted by Crippen LogP contribution is 2.15. The smallest absolute Gasteiger partial charge is 0.250 e. The van der Waals surface area contributed by atoms with Crippen LogP contribution in [0.2, 0.25) is 0 Å². The van der Waals surface area contributed by atoms with E-state index in [1.165, 1.54) is 15.6 Å². The van der Waals surface area contributed by atoms with Crippen molar-refractivity contribution in [2.75, 3.05) is 11.9 Å². The van der Waals surface area contributed by atoms with Crippen molar-refractivity contribution in [1.82, 2.24) is 9.58 Å². The van der Waals surface area contributed by atoms with Crippen LogP contribution in [0.4, 0.5) is 5.69 Å². The van der Waals surface area contributed by atoms with Crippen LogP contribution in [0.15, 0.2) is 58.6 Å². The molecule has 0 radical (unpaired) electrons. The minimum absolute atomic E-state index is 0.0662. The fourth-order valence-corrected chi connectivity index (χ4v) is 2.90. The summed E-state index contributed by atoms with van der Waals surface area (Å²) in [5, 5.41) is 8.54. The van der Waals surface area contributed by atoms with Gasteiger partial charge in [-0.2, -0.15) is 5.10 Å². The summed E-state index contributed by atoms with van der Waals surface area (Å²) in [6, 6.07) is 12.7. The number of nitrogens with zero attached hydrogens (tertiary/aromatic N) is 3. The van der Waals surface area contributed by atoms with Crippen LogP contribution in [0.5, 0.6) is 0 Å². The molecule has 0 bridgehead atoms. The molecule has 3 rings (SSSR count). The topological polar surface area (TPSA) is 83.8 Å². The second kappa shape index (κ2) is 8.44. The van der Waals surface area contributed by atoms with E-state index in [0.29, 0.717) is 25.2 Å². The second-order valence-electron chi connectivity index (χ2n) is 6.27. The first-order valence-corrected chi connectivity index (χ1v) is 9.00. The molecular formula is C20H22N4O3. The number of amides is 2. The summed E-state index contributed by atoms with van der Waals surface area (Å²) >= 11 is 0. The zero-order valence-electron chi connectivity index (χ0n) is 15.2. The standard InChI is InChI=1S/C20H22N4O3/c1-2-23-14-16(8-10-19(23)26)21-18(25)9-11-20(27)24-13-12-17(22-24)15-6-4-3-5-7-15/h3-8,10,14H,2,9,11-13H2,1H3,(H,21,25). The number of rotatable bonds is 6. The Labute approximate surface area is 157 Å². The van der Waals surface area contributed by atoms with Crippen molar-refractivity contribution in [2.45, 2.75) is 32.7 Å². The van der Waals surface area contributed by atoms with Gasteiger partial charge in [0.1, 0.15) is 0 Å². The van der Waals surface area contributed by atoms with Gasteiger partial charge in [0, 0.05) is 38.1 Å². The molecule has 7 nitrogen and oxygen atoms in total. The van der Waals surface area contributed by atoms with Gasteiger partial charge >= 0.3 is 0 Å². The fourth-order valence-electron chi connectivity index (χ4n) is 2.90. The lowest BCUT2D eigenvalue weighted by molar-refractivity contribution is -0.132. The van der Waals surface area contributed by atoms with Crippen LogP contribution in [0.25, 0.3) is 0 Å². The minimum Gasteiger partial charge on any atom is -0.325 e. The Kier molecular flexibility index (Phi) is 5.80. The van der Waals surface area contributed by atoms with Crippen molar-refractivity contribution in [3.05, 3.63) is 64.6 Å². The van der Waals surface area contributed by atoms with Gasteiger partial charge in [-0.3, -0.25) is 14.4 Å². The van der Waals surface area contributed by atoms with Crippen LogP contribution in [-0.2, 0) is 16.1 Å². The Hall–Kier alpha value is -3.22. The number of carbonyl (C=O) groups excluding carboxylic acids is 2. The third-order valence-corrected chi connectivity index (χ3v) is 4.37. The number of carbonyl (C=O) groups is 2. The van der Waals surface area contributed by atoms with Gasteiger partial charge in [0.15, 0.2) is 0 Å². The number of hydrogen-bond donors (Lipinski definition) is 1. The van der Waals surface area contributed by atoms with E-state index in [2.05, 4.69) is 10.4 Å². The maximum atomic E-state index is 12.3. The van der Waals surface area contributed by atoms with Gasteiger partial charge in [0.2, 0.25) is 11.8 Å². The molecule has 1 aromatic carbocycles.